The smallest absolute Gasteiger partial charge is 0.306 e. The molecule has 1 rings (SSSR count). The molecule has 29 heavy (non-hydrogen) atoms. The molecule has 8 heteroatoms. The first-order valence-corrected chi connectivity index (χ1v) is 9.99. The number of benzene rings is 1. The summed E-state index contributed by atoms with van der Waals surface area (Å²) in [6.07, 6.45) is 7.83. The molecule has 0 saturated carbocycles. The predicted molar refractivity (Wildman–Crippen MR) is 98.9 cm³/mol. The van der Waals surface area contributed by atoms with E-state index in [0.29, 0.717) is 12.7 Å². The zero-order valence-corrected chi connectivity index (χ0v) is 16.7. The minimum atomic E-state index is -1.96. The van der Waals surface area contributed by atoms with Crippen molar-refractivity contribution in [3.05, 3.63) is 34.9 Å². The topological polar surface area (TPSA) is 52.6 Å². The van der Waals surface area contributed by atoms with Crippen LogP contribution in [0.2, 0.25) is 0 Å². The average Bonchev–Trinajstić information content (AvgIpc) is 2.70. The molecule has 0 bridgehead atoms. The highest BCUT2D eigenvalue weighted by molar-refractivity contribution is 5.72. The lowest BCUT2D eigenvalue weighted by atomic mass is 10.1. The van der Waals surface area contributed by atoms with Gasteiger partial charge in [0.1, 0.15) is 6.61 Å². The maximum atomic E-state index is 13.5. The van der Waals surface area contributed by atoms with Crippen LogP contribution in [0.15, 0.2) is 6.07 Å². The van der Waals surface area contributed by atoms with E-state index in [1.807, 2.05) is 0 Å². The lowest BCUT2D eigenvalue weighted by Gasteiger charge is -2.08. The number of unbranched alkanes of at least 4 members (excludes halogenated alkanes) is 6. The summed E-state index contributed by atoms with van der Waals surface area (Å²) in [6.45, 7) is 1.77. The number of hydrogen-bond acceptors (Lipinski definition) is 4. The number of halogens is 4. The Kier molecular flexibility index (Phi) is 12.0. The lowest BCUT2D eigenvalue weighted by Crippen LogP contribution is -2.10. The van der Waals surface area contributed by atoms with Gasteiger partial charge in [-0.05, 0) is 18.9 Å². The Labute approximate surface area is 168 Å². The Bertz CT molecular complexity index is 665. The standard InChI is InChI=1S/C21H28F4O4/c1-2-3-4-5-6-7-8-12-28-17(26)10-9-11-18(27)29-14-15-13-16(22)20(24)21(25)19(15)23/h13H,2-12,14H2,1H3. The predicted octanol–water partition coefficient (Wildman–Crippen LogP) is 5.75. The summed E-state index contributed by atoms with van der Waals surface area (Å²) in [5.41, 5.74) is -0.608. The summed E-state index contributed by atoms with van der Waals surface area (Å²) >= 11 is 0. The zero-order valence-electron chi connectivity index (χ0n) is 16.7. The first-order chi connectivity index (χ1) is 13.9. The molecule has 0 spiro atoms. The second kappa shape index (κ2) is 14.0. The first-order valence-electron chi connectivity index (χ1n) is 9.99. The fraction of sp³-hybridized carbons (Fsp3) is 0.619. The zero-order chi connectivity index (χ0) is 21.6. The molecule has 0 amide bonds. The van der Waals surface area contributed by atoms with E-state index in [9.17, 15) is 27.2 Å². The quantitative estimate of drug-likeness (QED) is 0.126. The van der Waals surface area contributed by atoms with Gasteiger partial charge in [-0.3, -0.25) is 9.59 Å². The summed E-state index contributed by atoms with van der Waals surface area (Å²) in [5, 5.41) is 0. The highest BCUT2D eigenvalue weighted by Crippen LogP contribution is 2.19. The molecular weight excluding hydrogens is 392 g/mol. The van der Waals surface area contributed by atoms with Crippen molar-refractivity contribution in [2.75, 3.05) is 6.61 Å². The van der Waals surface area contributed by atoms with Crippen LogP contribution in [0.3, 0.4) is 0 Å². The highest BCUT2D eigenvalue weighted by Gasteiger charge is 2.19. The number of carbonyl (C=O) groups is 2. The maximum Gasteiger partial charge on any atom is 0.306 e. The van der Waals surface area contributed by atoms with Crippen molar-refractivity contribution in [3.8, 4) is 0 Å². The monoisotopic (exact) mass is 420 g/mol. The minimum Gasteiger partial charge on any atom is -0.466 e. The molecule has 0 saturated heterocycles. The Hall–Kier alpha value is -2.12. The van der Waals surface area contributed by atoms with E-state index in [4.69, 9.17) is 9.47 Å². The van der Waals surface area contributed by atoms with Crippen molar-refractivity contribution >= 4 is 11.9 Å². The van der Waals surface area contributed by atoms with Gasteiger partial charge >= 0.3 is 11.9 Å². The van der Waals surface area contributed by atoms with Crippen LogP contribution in [-0.4, -0.2) is 18.5 Å². The van der Waals surface area contributed by atoms with E-state index in [2.05, 4.69) is 6.92 Å². The van der Waals surface area contributed by atoms with Crippen molar-refractivity contribution in [2.24, 2.45) is 0 Å². The summed E-state index contributed by atoms with van der Waals surface area (Å²) < 4.78 is 62.3. The molecule has 0 N–H and O–H groups in total. The number of hydrogen-bond donors (Lipinski definition) is 0. The van der Waals surface area contributed by atoms with Crippen molar-refractivity contribution in [3.63, 3.8) is 0 Å². The summed E-state index contributed by atoms with van der Waals surface area (Å²) in [6, 6.07) is 0.433. The van der Waals surface area contributed by atoms with Crippen LogP contribution < -0.4 is 0 Å². The third kappa shape index (κ3) is 9.76. The minimum absolute atomic E-state index is 0.0275. The summed E-state index contributed by atoms with van der Waals surface area (Å²) in [4.78, 5) is 23.2. The van der Waals surface area contributed by atoms with Crippen LogP contribution in [0.5, 0.6) is 0 Å². The molecule has 164 valence electrons. The first kappa shape index (κ1) is 24.9. The van der Waals surface area contributed by atoms with E-state index in [-0.39, 0.29) is 19.3 Å². The third-order valence-electron chi connectivity index (χ3n) is 4.34. The molecule has 0 fully saturated rings. The third-order valence-corrected chi connectivity index (χ3v) is 4.34. The summed E-state index contributed by atoms with van der Waals surface area (Å²) in [7, 11) is 0. The van der Waals surface area contributed by atoms with E-state index in [0.717, 1.165) is 19.3 Å². The molecule has 0 aromatic heterocycles. The molecule has 0 unspecified atom stereocenters. The van der Waals surface area contributed by atoms with Gasteiger partial charge in [0, 0.05) is 18.4 Å². The van der Waals surface area contributed by atoms with Gasteiger partial charge in [-0.1, -0.05) is 45.4 Å². The number of ether oxygens (including phenoxy) is 2. The van der Waals surface area contributed by atoms with Gasteiger partial charge in [0.15, 0.2) is 23.3 Å². The Morgan fingerprint density at radius 1 is 0.759 bits per heavy atom. The van der Waals surface area contributed by atoms with Crippen molar-refractivity contribution in [1.82, 2.24) is 0 Å². The van der Waals surface area contributed by atoms with Gasteiger partial charge in [0.25, 0.3) is 0 Å². The summed E-state index contributed by atoms with van der Waals surface area (Å²) in [5.74, 6) is -8.25. The maximum absolute atomic E-state index is 13.5. The molecule has 0 aliphatic carbocycles. The van der Waals surface area contributed by atoms with Gasteiger partial charge in [-0.15, -0.1) is 0 Å². The largest absolute Gasteiger partial charge is 0.466 e. The number of rotatable bonds is 14. The normalized spacial score (nSPS) is 10.8. The van der Waals surface area contributed by atoms with Gasteiger partial charge in [-0.2, -0.15) is 0 Å². The lowest BCUT2D eigenvalue weighted by molar-refractivity contribution is -0.146. The molecule has 0 radical (unpaired) electrons. The van der Waals surface area contributed by atoms with Crippen LogP contribution in [0.4, 0.5) is 17.6 Å². The van der Waals surface area contributed by atoms with E-state index >= 15 is 0 Å². The Morgan fingerprint density at radius 2 is 1.34 bits per heavy atom. The Balaban J connectivity index is 2.14. The van der Waals surface area contributed by atoms with Crippen LogP contribution in [0, 0.1) is 23.3 Å². The van der Waals surface area contributed by atoms with E-state index < -0.39 is 47.4 Å². The Morgan fingerprint density at radius 3 is 2.00 bits per heavy atom. The highest BCUT2D eigenvalue weighted by atomic mass is 19.2. The molecular formula is C21H28F4O4. The number of carbonyl (C=O) groups excluding carboxylic acids is 2. The van der Waals surface area contributed by atoms with E-state index in [1.165, 1.54) is 25.7 Å². The van der Waals surface area contributed by atoms with Crippen LogP contribution >= 0.6 is 0 Å². The van der Waals surface area contributed by atoms with E-state index in [1.54, 1.807) is 0 Å². The van der Waals surface area contributed by atoms with Crippen LogP contribution in [0.25, 0.3) is 0 Å². The molecule has 0 aliphatic rings. The SMILES string of the molecule is CCCCCCCCCOC(=O)CCCC(=O)OCc1cc(F)c(F)c(F)c1F. The fourth-order valence-electron chi connectivity index (χ4n) is 2.65. The van der Waals surface area contributed by atoms with Crippen LogP contribution in [-0.2, 0) is 25.7 Å². The molecule has 0 heterocycles. The van der Waals surface area contributed by atoms with Crippen molar-refractivity contribution in [1.29, 1.82) is 0 Å². The molecule has 0 atom stereocenters. The molecule has 1 aromatic rings. The van der Waals surface area contributed by atoms with Crippen molar-refractivity contribution < 1.29 is 36.6 Å². The second-order valence-electron chi connectivity index (χ2n) is 6.82. The van der Waals surface area contributed by atoms with Gasteiger partial charge in [-0.25, -0.2) is 17.6 Å². The second-order valence-corrected chi connectivity index (χ2v) is 6.82. The van der Waals surface area contributed by atoms with Crippen molar-refractivity contribution in [2.45, 2.75) is 77.7 Å². The van der Waals surface area contributed by atoms with Crippen LogP contribution in [0.1, 0.15) is 76.7 Å². The molecule has 4 nitrogen and oxygen atoms in total. The van der Waals surface area contributed by atoms with Gasteiger partial charge < -0.3 is 9.47 Å². The molecule has 0 aliphatic heterocycles. The fourth-order valence-corrected chi connectivity index (χ4v) is 2.65. The number of esters is 2. The van der Waals surface area contributed by atoms with Gasteiger partial charge in [0.05, 0.1) is 6.61 Å². The molecule has 1 aromatic carbocycles. The van der Waals surface area contributed by atoms with Gasteiger partial charge in [0.2, 0.25) is 0 Å². The average molecular weight is 420 g/mol.